The van der Waals surface area contributed by atoms with Crippen LogP contribution in [-0.2, 0) is 11.2 Å². The summed E-state index contributed by atoms with van der Waals surface area (Å²) in [5.41, 5.74) is 0.853. The van der Waals surface area contributed by atoms with Gasteiger partial charge in [0.05, 0.1) is 6.61 Å². The van der Waals surface area contributed by atoms with Crippen molar-refractivity contribution in [2.75, 3.05) is 19.7 Å². The molecule has 1 saturated heterocycles. The average molecular weight is 362 g/mol. The van der Waals surface area contributed by atoms with Crippen LogP contribution >= 0.6 is 0 Å². The van der Waals surface area contributed by atoms with E-state index in [1.54, 1.807) is 4.90 Å². The first-order valence-electron chi connectivity index (χ1n) is 9.40. The first kappa shape index (κ1) is 20.2. The molecule has 2 atom stereocenters. The highest BCUT2D eigenvalue weighted by Crippen LogP contribution is 2.32. The Morgan fingerprint density at radius 2 is 2.04 bits per heavy atom. The van der Waals surface area contributed by atoms with E-state index in [-0.39, 0.29) is 30.5 Å². The predicted molar refractivity (Wildman–Crippen MR) is 100.0 cm³/mol. The summed E-state index contributed by atoms with van der Waals surface area (Å²) in [5.74, 6) is -0.861. The Morgan fingerprint density at radius 1 is 1.31 bits per heavy atom. The number of carbonyl (C=O) groups excluding carboxylic acids is 1. The fraction of sp³-hybridized carbons (Fsp3) is 0.600. The summed E-state index contributed by atoms with van der Waals surface area (Å²) in [6.45, 7) is 3.34. The third-order valence-electron chi connectivity index (χ3n) is 5.39. The number of likely N-dealkylation sites (tertiary alicyclic amines) is 1. The first-order chi connectivity index (χ1) is 12.5. The van der Waals surface area contributed by atoms with E-state index in [1.165, 1.54) is 0 Å². The summed E-state index contributed by atoms with van der Waals surface area (Å²) in [5, 5.41) is 21.8. The number of hydrogen-bond donors (Lipinski definition) is 3. The van der Waals surface area contributed by atoms with Crippen LogP contribution in [0, 0.1) is 5.41 Å². The number of benzene rings is 1. The SMILES string of the molecule is CCC1(CO)CCCN(C(=O)NC(CCC(=O)O)Cc2ccccc2)C1. The van der Waals surface area contributed by atoms with Gasteiger partial charge >= 0.3 is 12.0 Å². The van der Waals surface area contributed by atoms with Gasteiger partial charge in [0.25, 0.3) is 0 Å². The number of amides is 2. The number of hydrogen-bond acceptors (Lipinski definition) is 3. The molecule has 1 heterocycles. The number of rotatable bonds is 8. The fourth-order valence-corrected chi connectivity index (χ4v) is 3.60. The summed E-state index contributed by atoms with van der Waals surface area (Å²) >= 11 is 0. The Morgan fingerprint density at radius 3 is 2.65 bits per heavy atom. The zero-order chi connectivity index (χ0) is 19.0. The molecule has 26 heavy (non-hydrogen) atoms. The largest absolute Gasteiger partial charge is 0.481 e. The number of urea groups is 1. The smallest absolute Gasteiger partial charge is 0.317 e. The van der Waals surface area contributed by atoms with Crippen LogP contribution in [0.25, 0.3) is 0 Å². The van der Waals surface area contributed by atoms with E-state index in [1.807, 2.05) is 37.3 Å². The van der Waals surface area contributed by atoms with Gasteiger partial charge in [0, 0.05) is 31.0 Å². The topological polar surface area (TPSA) is 89.9 Å². The quantitative estimate of drug-likeness (QED) is 0.663. The summed E-state index contributed by atoms with van der Waals surface area (Å²) < 4.78 is 0. The third-order valence-corrected chi connectivity index (χ3v) is 5.39. The van der Waals surface area contributed by atoms with Crippen LogP contribution in [0.4, 0.5) is 4.79 Å². The molecule has 3 N–H and O–H groups in total. The van der Waals surface area contributed by atoms with Gasteiger partial charge in [-0.3, -0.25) is 4.79 Å². The summed E-state index contributed by atoms with van der Waals surface area (Å²) in [4.78, 5) is 25.5. The number of aliphatic hydroxyl groups is 1. The van der Waals surface area contributed by atoms with Crippen molar-refractivity contribution in [3.05, 3.63) is 35.9 Å². The van der Waals surface area contributed by atoms with E-state index < -0.39 is 5.97 Å². The Bertz CT molecular complexity index is 587. The molecule has 0 aromatic heterocycles. The minimum absolute atomic E-state index is 0.0211. The van der Waals surface area contributed by atoms with Gasteiger partial charge in [0.2, 0.25) is 0 Å². The van der Waals surface area contributed by atoms with Crippen LogP contribution in [0.3, 0.4) is 0 Å². The van der Waals surface area contributed by atoms with Gasteiger partial charge in [-0.2, -0.15) is 0 Å². The maximum atomic E-state index is 12.7. The van der Waals surface area contributed by atoms with Crippen LogP contribution in [0.15, 0.2) is 30.3 Å². The maximum absolute atomic E-state index is 12.7. The van der Waals surface area contributed by atoms with E-state index >= 15 is 0 Å². The standard InChI is InChI=1S/C20H30N2O4/c1-2-20(15-23)11-6-12-22(14-20)19(26)21-17(9-10-18(24)25)13-16-7-4-3-5-8-16/h3-5,7-8,17,23H,2,6,9-15H2,1H3,(H,21,26)(H,24,25). The van der Waals surface area contributed by atoms with E-state index in [4.69, 9.17) is 5.11 Å². The Hall–Kier alpha value is -2.08. The molecule has 0 bridgehead atoms. The minimum Gasteiger partial charge on any atom is -0.481 e. The lowest BCUT2D eigenvalue weighted by molar-refractivity contribution is -0.137. The van der Waals surface area contributed by atoms with Crippen molar-refractivity contribution in [3.63, 3.8) is 0 Å². The van der Waals surface area contributed by atoms with Crippen molar-refractivity contribution >= 4 is 12.0 Å². The normalized spacial score (nSPS) is 21.2. The summed E-state index contributed by atoms with van der Waals surface area (Å²) in [6.07, 6.45) is 3.65. The number of carbonyl (C=O) groups is 2. The molecule has 2 rings (SSSR count). The molecule has 0 aliphatic carbocycles. The molecule has 144 valence electrons. The third kappa shape index (κ3) is 5.73. The second kappa shape index (κ2) is 9.57. The molecule has 2 unspecified atom stereocenters. The second-order valence-electron chi connectivity index (χ2n) is 7.31. The lowest BCUT2D eigenvalue weighted by atomic mass is 9.78. The molecule has 1 aromatic rings. The molecule has 6 nitrogen and oxygen atoms in total. The second-order valence-corrected chi connectivity index (χ2v) is 7.31. The van der Waals surface area contributed by atoms with Crippen molar-refractivity contribution < 1.29 is 19.8 Å². The zero-order valence-corrected chi connectivity index (χ0v) is 15.5. The lowest BCUT2D eigenvalue weighted by Crippen LogP contribution is -2.53. The highest BCUT2D eigenvalue weighted by Gasteiger charge is 2.35. The molecular weight excluding hydrogens is 332 g/mol. The summed E-state index contributed by atoms with van der Waals surface area (Å²) in [7, 11) is 0. The molecule has 1 aromatic carbocycles. The van der Waals surface area contributed by atoms with E-state index in [0.717, 1.165) is 24.8 Å². The van der Waals surface area contributed by atoms with Gasteiger partial charge in [-0.25, -0.2) is 4.79 Å². The molecule has 6 heteroatoms. The number of nitrogens with one attached hydrogen (secondary N) is 1. The Kier molecular flexibility index (Phi) is 7.45. The molecule has 1 fully saturated rings. The predicted octanol–water partition coefficient (Wildman–Crippen LogP) is 2.66. The maximum Gasteiger partial charge on any atom is 0.317 e. The number of carboxylic acid groups (broad SMARTS) is 1. The number of piperidine rings is 1. The van der Waals surface area contributed by atoms with Gasteiger partial charge in [-0.1, -0.05) is 37.3 Å². The van der Waals surface area contributed by atoms with Crippen molar-refractivity contribution in [2.45, 2.75) is 51.5 Å². The molecule has 0 spiro atoms. The van der Waals surface area contributed by atoms with Gasteiger partial charge in [-0.05, 0) is 37.7 Å². The monoisotopic (exact) mass is 362 g/mol. The lowest BCUT2D eigenvalue weighted by Gasteiger charge is -2.41. The van der Waals surface area contributed by atoms with Gasteiger partial charge in [-0.15, -0.1) is 0 Å². The number of aliphatic carboxylic acids is 1. The fourth-order valence-electron chi connectivity index (χ4n) is 3.60. The summed E-state index contributed by atoms with van der Waals surface area (Å²) in [6, 6.07) is 9.38. The van der Waals surface area contributed by atoms with E-state index in [9.17, 15) is 14.7 Å². The van der Waals surface area contributed by atoms with Crippen molar-refractivity contribution in [1.82, 2.24) is 10.2 Å². The highest BCUT2D eigenvalue weighted by atomic mass is 16.4. The Balaban J connectivity index is 2.01. The van der Waals surface area contributed by atoms with Gasteiger partial charge in [0.1, 0.15) is 0 Å². The number of nitrogens with zero attached hydrogens (tertiary/aromatic N) is 1. The zero-order valence-electron chi connectivity index (χ0n) is 15.5. The van der Waals surface area contributed by atoms with Crippen molar-refractivity contribution in [2.24, 2.45) is 5.41 Å². The van der Waals surface area contributed by atoms with Crippen LogP contribution < -0.4 is 5.32 Å². The van der Waals surface area contributed by atoms with Gasteiger partial charge < -0.3 is 20.4 Å². The van der Waals surface area contributed by atoms with Crippen LogP contribution in [0.2, 0.25) is 0 Å². The van der Waals surface area contributed by atoms with E-state index in [0.29, 0.717) is 25.9 Å². The molecule has 1 aliphatic heterocycles. The first-order valence-corrected chi connectivity index (χ1v) is 9.40. The van der Waals surface area contributed by atoms with E-state index in [2.05, 4.69) is 5.32 Å². The average Bonchev–Trinajstić information content (AvgIpc) is 2.66. The van der Waals surface area contributed by atoms with Crippen molar-refractivity contribution in [3.8, 4) is 0 Å². The van der Waals surface area contributed by atoms with Crippen LogP contribution in [0.1, 0.15) is 44.6 Å². The Labute approximate surface area is 155 Å². The van der Waals surface area contributed by atoms with Crippen LogP contribution in [0.5, 0.6) is 0 Å². The molecule has 2 amide bonds. The molecule has 1 aliphatic rings. The molecular formula is C20H30N2O4. The van der Waals surface area contributed by atoms with Crippen molar-refractivity contribution in [1.29, 1.82) is 0 Å². The molecule has 0 radical (unpaired) electrons. The molecule has 0 saturated carbocycles. The number of carboxylic acids is 1. The number of aliphatic hydroxyl groups excluding tert-OH is 1. The highest BCUT2D eigenvalue weighted by molar-refractivity contribution is 5.75. The van der Waals surface area contributed by atoms with Crippen LogP contribution in [-0.4, -0.2) is 52.9 Å². The minimum atomic E-state index is -0.861. The van der Waals surface area contributed by atoms with Gasteiger partial charge in [0.15, 0.2) is 0 Å².